The minimum Gasteiger partial charge on any atom is -0.330 e. The number of fused-ring (bicyclic) bond motifs is 1. The fourth-order valence-corrected chi connectivity index (χ4v) is 8.32. The van der Waals surface area contributed by atoms with Gasteiger partial charge < -0.3 is 15.5 Å². The maximum absolute atomic E-state index is 14.6. The number of ketones is 3. The van der Waals surface area contributed by atoms with Gasteiger partial charge in [-0.1, -0.05) is 83.4 Å². The predicted molar refractivity (Wildman–Crippen MR) is 194 cm³/mol. The Kier molecular flexibility index (Phi) is 12.5. The number of carbonyl (C=O) groups is 5. The molecule has 1 aromatic carbocycles. The number of rotatable bonds is 17. The van der Waals surface area contributed by atoms with Crippen molar-refractivity contribution in [3.8, 4) is 0 Å². The van der Waals surface area contributed by atoms with Crippen LogP contribution in [0.3, 0.4) is 0 Å². The third-order valence-corrected chi connectivity index (χ3v) is 11.6. The van der Waals surface area contributed by atoms with Crippen molar-refractivity contribution in [2.24, 2.45) is 29.1 Å². The van der Waals surface area contributed by atoms with Gasteiger partial charge in [0.1, 0.15) is 6.04 Å². The number of benzene rings is 1. The summed E-state index contributed by atoms with van der Waals surface area (Å²) in [6.07, 6.45) is 9.26. The van der Waals surface area contributed by atoms with Crippen LogP contribution in [0.15, 0.2) is 49.6 Å². The summed E-state index contributed by atoms with van der Waals surface area (Å²) in [5.41, 5.74) is 1.36. The molecule has 2 saturated carbocycles. The third kappa shape index (κ3) is 8.79. The largest absolute Gasteiger partial charge is 0.330 e. The van der Waals surface area contributed by atoms with Gasteiger partial charge in [-0.3, -0.25) is 19.2 Å². The van der Waals surface area contributed by atoms with Gasteiger partial charge in [0.15, 0.2) is 11.6 Å². The maximum Gasteiger partial charge on any atom is 0.316 e. The summed E-state index contributed by atoms with van der Waals surface area (Å²) >= 11 is 0. The zero-order chi connectivity index (χ0) is 36.1. The molecule has 0 aromatic heterocycles. The molecule has 2 N–H and O–H groups in total. The molecule has 5 atom stereocenters. The van der Waals surface area contributed by atoms with Crippen molar-refractivity contribution in [1.29, 1.82) is 0 Å². The Balaban J connectivity index is 1.56. The summed E-state index contributed by atoms with van der Waals surface area (Å²) in [5.74, 6) is -1.73. The first-order valence-electron chi connectivity index (χ1n) is 18.4. The Morgan fingerprint density at radius 2 is 1.69 bits per heavy atom. The van der Waals surface area contributed by atoms with E-state index in [0.717, 1.165) is 37.7 Å². The van der Waals surface area contributed by atoms with Crippen LogP contribution in [0, 0.1) is 29.1 Å². The summed E-state index contributed by atoms with van der Waals surface area (Å²) < 4.78 is 0. The van der Waals surface area contributed by atoms with Crippen LogP contribution < -0.4 is 10.6 Å². The number of allylic oxidation sites excluding steroid dienone is 2. The standard InChI is InChI=1S/C41H59N3O5/c1-9-11-17-29(37(47)32(45)22-12-10-2)24-33(46)36-34-31(40(34,5)6)25-44(36)38(48)35(27-18-14-13-15-19-27)42-39(49)43-41(7,8)30-21-16-20-28(23-30)26(3)4/h9-10,16,20-21,23,26-27,29,31,34-36H,1-2,11-15,17-19,22,24-25H2,3-8H3,(H2,42,43,49)/t29?,31?,34?,35-,36+/m0/s1. The number of amides is 3. The van der Waals surface area contributed by atoms with Crippen LogP contribution >= 0.6 is 0 Å². The van der Waals surface area contributed by atoms with E-state index in [0.29, 0.717) is 31.7 Å². The molecule has 1 saturated heterocycles. The number of Topliss-reactive ketones (excluding diaryl/α,β-unsaturated/α-hetero) is 3. The third-order valence-electron chi connectivity index (χ3n) is 11.6. The van der Waals surface area contributed by atoms with Crippen LogP contribution in [0.2, 0.25) is 0 Å². The van der Waals surface area contributed by atoms with E-state index in [-0.39, 0.29) is 47.7 Å². The number of hydrogen-bond donors (Lipinski definition) is 2. The van der Waals surface area contributed by atoms with Gasteiger partial charge in [0, 0.05) is 25.3 Å². The van der Waals surface area contributed by atoms with Gasteiger partial charge in [0.25, 0.3) is 0 Å². The number of piperidine rings is 1. The Morgan fingerprint density at radius 3 is 2.33 bits per heavy atom. The van der Waals surface area contributed by atoms with E-state index in [1.54, 1.807) is 17.1 Å². The summed E-state index contributed by atoms with van der Waals surface area (Å²) in [4.78, 5) is 70.3. The predicted octanol–water partition coefficient (Wildman–Crippen LogP) is 7.42. The molecule has 3 amide bonds. The van der Waals surface area contributed by atoms with E-state index in [1.807, 2.05) is 26.0 Å². The van der Waals surface area contributed by atoms with Gasteiger partial charge in [-0.15, -0.1) is 13.2 Å². The first kappa shape index (κ1) is 38.3. The molecule has 0 bridgehead atoms. The SMILES string of the molecule is C=CCCC(=O)C(=O)C(CCC=C)CC(=O)[C@@H]1C2C(CN1C(=O)[C@@H](NC(=O)NC(C)(C)c1cccc(C(C)C)c1)C1CCCCC1)C2(C)C. The van der Waals surface area contributed by atoms with Crippen molar-refractivity contribution in [3.05, 3.63) is 60.7 Å². The molecule has 1 aliphatic heterocycles. The Bertz CT molecular complexity index is 1420. The van der Waals surface area contributed by atoms with Gasteiger partial charge >= 0.3 is 6.03 Å². The second-order valence-electron chi connectivity index (χ2n) is 16.1. The van der Waals surface area contributed by atoms with Crippen LogP contribution in [0.25, 0.3) is 0 Å². The lowest BCUT2D eigenvalue weighted by atomic mass is 9.82. The molecular weight excluding hydrogens is 614 g/mol. The highest BCUT2D eigenvalue weighted by Crippen LogP contribution is 2.65. The average molecular weight is 674 g/mol. The normalized spacial score (nSPS) is 22.8. The van der Waals surface area contributed by atoms with Crippen LogP contribution in [-0.4, -0.2) is 52.8 Å². The minimum atomic E-state index is -0.771. The molecule has 1 heterocycles. The monoisotopic (exact) mass is 673 g/mol. The second-order valence-corrected chi connectivity index (χ2v) is 16.1. The number of urea groups is 1. The fourth-order valence-electron chi connectivity index (χ4n) is 8.32. The highest BCUT2D eigenvalue weighted by Gasteiger charge is 2.69. The molecular formula is C41H59N3O5. The second kappa shape index (κ2) is 16.0. The molecule has 4 rings (SSSR count). The lowest BCUT2D eigenvalue weighted by Gasteiger charge is -2.38. The van der Waals surface area contributed by atoms with Gasteiger partial charge in [-0.25, -0.2) is 4.79 Å². The fraction of sp³-hybridized carbons (Fsp3) is 0.634. The number of likely N-dealkylation sites (tertiary alicyclic amines) is 1. The number of carbonyl (C=O) groups excluding carboxylic acids is 5. The molecule has 8 nitrogen and oxygen atoms in total. The smallest absolute Gasteiger partial charge is 0.316 e. The van der Waals surface area contributed by atoms with Crippen molar-refractivity contribution < 1.29 is 24.0 Å². The van der Waals surface area contributed by atoms with Crippen LogP contribution in [-0.2, 0) is 24.7 Å². The molecule has 3 fully saturated rings. The molecule has 3 aliphatic rings. The quantitative estimate of drug-likeness (QED) is 0.132. The molecule has 0 spiro atoms. The summed E-state index contributed by atoms with van der Waals surface area (Å²) in [6.45, 7) is 20.3. The van der Waals surface area contributed by atoms with E-state index in [2.05, 4.69) is 63.6 Å². The van der Waals surface area contributed by atoms with E-state index in [4.69, 9.17) is 0 Å². The minimum absolute atomic E-state index is 0.0245. The molecule has 3 unspecified atom stereocenters. The Morgan fingerprint density at radius 1 is 1.02 bits per heavy atom. The molecule has 1 aromatic rings. The van der Waals surface area contributed by atoms with E-state index in [9.17, 15) is 24.0 Å². The number of hydrogen-bond acceptors (Lipinski definition) is 5. The van der Waals surface area contributed by atoms with Gasteiger partial charge in [0.05, 0.1) is 11.6 Å². The lowest BCUT2D eigenvalue weighted by Crippen LogP contribution is -2.59. The molecule has 268 valence electrons. The van der Waals surface area contributed by atoms with Crippen molar-refractivity contribution >= 4 is 29.3 Å². The number of nitrogens with one attached hydrogen (secondary N) is 2. The highest BCUT2D eigenvalue weighted by atomic mass is 16.2. The zero-order valence-electron chi connectivity index (χ0n) is 30.7. The van der Waals surface area contributed by atoms with E-state index >= 15 is 0 Å². The summed E-state index contributed by atoms with van der Waals surface area (Å²) in [6, 6.07) is 6.33. The van der Waals surface area contributed by atoms with E-state index < -0.39 is 41.1 Å². The van der Waals surface area contributed by atoms with Gasteiger partial charge in [-0.2, -0.15) is 0 Å². The maximum atomic E-state index is 14.6. The number of nitrogens with zero attached hydrogens (tertiary/aromatic N) is 1. The first-order chi connectivity index (χ1) is 23.1. The van der Waals surface area contributed by atoms with E-state index in [1.165, 1.54) is 5.56 Å². The summed E-state index contributed by atoms with van der Waals surface area (Å²) in [7, 11) is 0. The lowest BCUT2D eigenvalue weighted by molar-refractivity contribution is -0.144. The Hall–Kier alpha value is -3.55. The Labute approximate surface area is 293 Å². The van der Waals surface area contributed by atoms with Gasteiger partial charge in [0.2, 0.25) is 11.7 Å². The van der Waals surface area contributed by atoms with Crippen molar-refractivity contribution in [1.82, 2.24) is 15.5 Å². The van der Waals surface area contributed by atoms with Crippen molar-refractivity contribution in [3.63, 3.8) is 0 Å². The highest BCUT2D eigenvalue weighted by molar-refractivity contribution is 6.38. The zero-order valence-corrected chi connectivity index (χ0v) is 30.7. The first-order valence-corrected chi connectivity index (χ1v) is 18.4. The van der Waals surface area contributed by atoms with Crippen LogP contribution in [0.1, 0.15) is 123 Å². The topological polar surface area (TPSA) is 113 Å². The average Bonchev–Trinajstić information content (AvgIpc) is 3.38. The van der Waals surface area contributed by atoms with Crippen molar-refractivity contribution in [2.75, 3.05) is 6.54 Å². The van der Waals surface area contributed by atoms with Crippen molar-refractivity contribution in [2.45, 2.75) is 129 Å². The molecule has 2 aliphatic carbocycles. The van der Waals surface area contributed by atoms with Gasteiger partial charge in [-0.05, 0) is 86.2 Å². The summed E-state index contributed by atoms with van der Waals surface area (Å²) in [5, 5.41) is 6.22. The molecule has 0 radical (unpaired) electrons. The molecule has 8 heteroatoms. The van der Waals surface area contributed by atoms with Crippen LogP contribution in [0.5, 0.6) is 0 Å². The van der Waals surface area contributed by atoms with Crippen LogP contribution in [0.4, 0.5) is 4.79 Å². The molecule has 49 heavy (non-hydrogen) atoms.